The molecule has 2 rings (SSSR count). The number of nitrogens with zero attached hydrogens (tertiary/aromatic N) is 2. The van der Waals surface area contributed by atoms with E-state index in [2.05, 4.69) is 41.3 Å². The molecule has 110 valence electrons. The monoisotopic (exact) mass is 276 g/mol. The molecule has 20 heavy (non-hydrogen) atoms. The lowest BCUT2D eigenvalue weighted by Gasteiger charge is -2.20. The molecule has 0 spiro atoms. The first-order chi connectivity index (χ1) is 9.45. The number of anilines is 1. The van der Waals surface area contributed by atoms with E-state index in [1.807, 2.05) is 19.1 Å². The second-order valence-electron chi connectivity index (χ2n) is 5.89. The number of carbonyl (C=O) groups is 1. The third-order valence-corrected chi connectivity index (χ3v) is 3.82. The van der Waals surface area contributed by atoms with Gasteiger partial charge in [-0.3, -0.25) is 10.2 Å². The van der Waals surface area contributed by atoms with Crippen molar-refractivity contribution >= 4 is 11.8 Å². The van der Waals surface area contributed by atoms with E-state index in [4.69, 9.17) is 0 Å². The van der Waals surface area contributed by atoms with Crippen LogP contribution in [0, 0.1) is 12.8 Å². The van der Waals surface area contributed by atoms with Gasteiger partial charge in [0.2, 0.25) is 0 Å². The third-order valence-electron chi connectivity index (χ3n) is 3.82. The van der Waals surface area contributed by atoms with Gasteiger partial charge >= 0.3 is 6.03 Å². The average molecular weight is 276 g/mol. The van der Waals surface area contributed by atoms with E-state index in [0.717, 1.165) is 18.8 Å². The first-order valence-electron chi connectivity index (χ1n) is 7.21. The Hall–Kier alpha value is -1.62. The molecule has 1 aromatic rings. The number of pyridine rings is 1. The summed E-state index contributed by atoms with van der Waals surface area (Å²) >= 11 is 0. The van der Waals surface area contributed by atoms with Crippen LogP contribution < -0.4 is 10.6 Å². The fourth-order valence-electron chi connectivity index (χ4n) is 2.55. The summed E-state index contributed by atoms with van der Waals surface area (Å²) in [5, 5.41) is 5.84. The van der Waals surface area contributed by atoms with Crippen molar-refractivity contribution in [2.24, 2.45) is 5.92 Å². The summed E-state index contributed by atoms with van der Waals surface area (Å²) in [5.41, 5.74) is 0.892. The molecule has 0 bridgehead atoms. The van der Waals surface area contributed by atoms with Crippen molar-refractivity contribution in [3.05, 3.63) is 23.9 Å². The molecular weight excluding hydrogens is 252 g/mol. The van der Waals surface area contributed by atoms with Crippen LogP contribution in [0.1, 0.15) is 26.5 Å². The Labute approximate surface area is 120 Å². The minimum atomic E-state index is -0.175. The molecule has 1 aliphatic heterocycles. The van der Waals surface area contributed by atoms with Crippen molar-refractivity contribution in [1.29, 1.82) is 0 Å². The van der Waals surface area contributed by atoms with Crippen molar-refractivity contribution in [3.63, 3.8) is 0 Å². The lowest BCUT2D eigenvalue weighted by atomic mass is 10.1. The maximum atomic E-state index is 12.0. The highest BCUT2D eigenvalue weighted by atomic mass is 16.2. The number of aromatic nitrogens is 1. The summed E-state index contributed by atoms with van der Waals surface area (Å²) in [5.74, 6) is 1.06. The molecule has 1 aliphatic rings. The van der Waals surface area contributed by atoms with Crippen LogP contribution in [0.15, 0.2) is 18.2 Å². The minimum Gasteiger partial charge on any atom is -0.333 e. The molecule has 0 saturated carbocycles. The van der Waals surface area contributed by atoms with Crippen LogP contribution in [0.5, 0.6) is 0 Å². The quantitative estimate of drug-likeness (QED) is 0.890. The van der Waals surface area contributed by atoms with E-state index in [9.17, 15) is 4.79 Å². The molecule has 1 saturated heterocycles. The summed E-state index contributed by atoms with van der Waals surface area (Å²) in [6.07, 6.45) is 0. The molecule has 0 unspecified atom stereocenters. The number of likely N-dealkylation sites (tertiary alicyclic amines) is 1. The van der Waals surface area contributed by atoms with Crippen LogP contribution in [0.2, 0.25) is 0 Å². The van der Waals surface area contributed by atoms with Crippen LogP contribution in [-0.4, -0.2) is 41.1 Å². The molecule has 2 atom stereocenters. The number of hydrogen-bond acceptors (Lipinski definition) is 3. The van der Waals surface area contributed by atoms with Crippen molar-refractivity contribution in [2.75, 3.05) is 18.4 Å². The van der Waals surface area contributed by atoms with E-state index in [-0.39, 0.29) is 12.1 Å². The van der Waals surface area contributed by atoms with Crippen LogP contribution in [0.3, 0.4) is 0 Å². The Balaban J connectivity index is 1.89. The standard InChI is InChI=1S/C15H24N4O/c1-10(2)19-8-11(3)13(9-19)17-15(20)18-14-7-5-6-12(4)16-14/h5-7,10-11,13H,8-9H2,1-4H3,(H2,16,17,18,20)/t11-,13-/m1/s1. The Morgan fingerprint density at radius 2 is 2.15 bits per heavy atom. The van der Waals surface area contributed by atoms with E-state index in [1.54, 1.807) is 6.07 Å². The molecular formula is C15H24N4O. The van der Waals surface area contributed by atoms with E-state index in [0.29, 0.717) is 17.8 Å². The lowest BCUT2D eigenvalue weighted by molar-refractivity contribution is 0.243. The molecule has 0 aliphatic carbocycles. The number of urea groups is 1. The number of rotatable bonds is 3. The van der Waals surface area contributed by atoms with Crippen LogP contribution in [0.25, 0.3) is 0 Å². The zero-order chi connectivity index (χ0) is 14.7. The Morgan fingerprint density at radius 3 is 2.75 bits per heavy atom. The van der Waals surface area contributed by atoms with Crippen LogP contribution in [-0.2, 0) is 0 Å². The maximum Gasteiger partial charge on any atom is 0.320 e. The molecule has 5 heteroatoms. The highest BCUT2D eigenvalue weighted by Crippen LogP contribution is 2.18. The number of carbonyl (C=O) groups excluding carboxylic acids is 1. The maximum absolute atomic E-state index is 12.0. The van der Waals surface area contributed by atoms with Gasteiger partial charge in [0, 0.05) is 30.9 Å². The van der Waals surface area contributed by atoms with Crippen LogP contribution in [0.4, 0.5) is 10.6 Å². The number of nitrogens with one attached hydrogen (secondary N) is 2. The van der Waals surface area contributed by atoms with Gasteiger partial charge in [-0.2, -0.15) is 0 Å². The Bertz CT molecular complexity index is 475. The van der Waals surface area contributed by atoms with Crippen molar-refractivity contribution < 1.29 is 4.79 Å². The average Bonchev–Trinajstić information content (AvgIpc) is 2.71. The van der Waals surface area contributed by atoms with Gasteiger partial charge in [0.25, 0.3) is 0 Å². The SMILES string of the molecule is Cc1cccc(NC(=O)N[C@@H]2CN(C(C)C)C[C@H]2C)n1. The summed E-state index contributed by atoms with van der Waals surface area (Å²) in [4.78, 5) is 18.7. The third kappa shape index (κ3) is 3.70. The second kappa shape index (κ2) is 6.22. The molecule has 2 heterocycles. The van der Waals surface area contributed by atoms with Gasteiger partial charge in [-0.15, -0.1) is 0 Å². The fraction of sp³-hybridized carbons (Fsp3) is 0.600. The molecule has 0 radical (unpaired) electrons. The van der Waals surface area contributed by atoms with Gasteiger partial charge in [0.05, 0.1) is 0 Å². The first kappa shape index (κ1) is 14.8. The largest absolute Gasteiger partial charge is 0.333 e. The van der Waals surface area contributed by atoms with Gasteiger partial charge in [-0.1, -0.05) is 13.0 Å². The minimum absolute atomic E-state index is 0.175. The van der Waals surface area contributed by atoms with Gasteiger partial charge in [-0.25, -0.2) is 9.78 Å². The lowest BCUT2D eigenvalue weighted by Crippen LogP contribution is -2.42. The fourth-order valence-corrected chi connectivity index (χ4v) is 2.55. The summed E-state index contributed by atoms with van der Waals surface area (Å²) in [6, 6.07) is 6.13. The number of amides is 2. The molecule has 0 aromatic carbocycles. The van der Waals surface area contributed by atoms with Gasteiger partial charge in [0.1, 0.15) is 5.82 Å². The van der Waals surface area contributed by atoms with Crippen molar-refractivity contribution in [2.45, 2.75) is 39.8 Å². The molecule has 1 aromatic heterocycles. The number of hydrogen-bond donors (Lipinski definition) is 2. The predicted octanol–water partition coefficient (Wildman–Crippen LogP) is 2.24. The van der Waals surface area contributed by atoms with E-state index in [1.165, 1.54) is 0 Å². The van der Waals surface area contributed by atoms with Crippen molar-refractivity contribution in [1.82, 2.24) is 15.2 Å². The molecule has 2 amide bonds. The van der Waals surface area contributed by atoms with Crippen molar-refractivity contribution in [3.8, 4) is 0 Å². The van der Waals surface area contributed by atoms with Crippen LogP contribution >= 0.6 is 0 Å². The highest BCUT2D eigenvalue weighted by Gasteiger charge is 2.31. The van der Waals surface area contributed by atoms with E-state index < -0.39 is 0 Å². The van der Waals surface area contributed by atoms with Gasteiger partial charge in [-0.05, 0) is 38.8 Å². The Morgan fingerprint density at radius 1 is 1.40 bits per heavy atom. The smallest absolute Gasteiger partial charge is 0.320 e. The zero-order valence-electron chi connectivity index (χ0n) is 12.7. The summed E-state index contributed by atoms with van der Waals surface area (Å²) < 4.78 is 0. The van der Waals surface area contributed by atoms with E-state index >= 15 is 0 Å². The molecule has 1 fully saturated rings. The summed E-state index contributed by atoms with van der Waals surface area (Å²) in [6.45, 7) is 10.4. The topological polar surface area (TPSA) is 57.3 Å². The number of aryl methyl sites for hydroxylation is 1. The first-order valence-corrected chi connectivity index (χ1v) is 7.21. The van der Waals surface area contributed by atoms with Gasteiger partial charge < -0.3 is 5.32 Å². The zero-order valence-corrected chi connectivity index (χ0v) is 12.7. The highest BCUT2D eigenvalue weighted by molar-refractivity contribution is 5.88. The normalized spacial score (nSPS) is 23.1. The Kier molecular flexibility index (Phi) is 4.60. The molecule has 5 nitrogen and oxygen atoms in total. The summed E-state index contributed by atoms with van der Waals surface area (Å²) in [7, 11) is 0. The second-order valence-corrected chi connectivity index (χ2v) is 5.89. The van der Waals surface area contributed by atoms with Gasteiger partial charge in [0.15, 0.2) is 0 Å². The molecule has 2 N–H and O–H groups in total. The predicted molar refractivity (Wildman–Crippen MR) is 80.8 cm³/mol.